The predicted molar refractivity (Wildman–Crippen MR) is 72.4 cm³/mol. The zero-order chi connectivity index (χ0) is 12.8. The first-order valence-corrected chi connectivity index (χ1v) is 6.73. The molecule has 1 aromatic heterocycles. The van der Waals surface area contributed by atoms with Crippen molar-refractivity contribution in [2.45, 2.75) is 32.0 Å². The Labute approximate surface area is 109 Å². The lowest BCUT2D eigenvalue weighted by atomic mass is 10.0. The third-order valence-corrected chi connectivity index (χ3v) is 3.71. The molecule has 4 heteroatoms. The Bertz CT molecular complexity index is 344. The summed E-state index contributed by atoms with van der Waals surface area (Å²) < 4.78 is 5.64. The molecule has 100 valence electrons. The zero-order valence-electron chi connectivity index (χ0n) is 11.3. The first-order chi connectivity index (χ1) is 8.85. The lowest BCUT2D eigenvalue weighted by Gasteiger charge is -2.39. The van der Waals surface area contributed by atoms with Crippen molar-refractivity contribution in [1.82, 2.24) is 15.2 Å². The second-order valence-corrected chi connectivity index (χ2v) is 4.74. The Morgan fingerprint density at radius 2 is 2.22 bits per heavy atom. The van der Waals surface area contributed by atoms with Crippen molar-refractivity contribution < 1.29 is 4.74 Å². The molecule has 1 saturated heterocycles. The van der Waals surface area contributed by atoms with Crippen molar-refractivity contribution >= 4 is 0 Å². The molecule has 1 aliphatic rings. The summed E-state index contributed by atoms with van der Waals surface area (Å²) in [5.41, 5.74) is 1.31. The average molecular weight is 249 g/mol. The molecule has 0 aliphatic carbocycles. The maximum absolute atomic E-state index is 5.64. The van der Waals surface area contributed by atoms with Gasteiger partial charge in [-0.3, -0.25) is 9.88 Å². The van der Waals surface area contributed by atoms with Crippen LogP contribution in [0, 0.1) is 0 Å². The van der Waals surface area contributed by atoms with Crippen LogP contribution in [0.2, 0.25) is 0 Å². The van der Waals surface area contributed by atoms with Crippen LogP contribution >= 0.6 is 0 Å². The molecule has 18 heavy (non-hydrogen) atoms. The maximum Gasteiger partial charge on any atom is 0.0637 e. The van der Waals surface area contributed by atoms with Crippen LogP contribution in [0.15, 0.2) is 24.5 Å². The van der Waals surface area contributed by atoms with E-state index in [1.165, 1.54) is 5.56 Å². The normalized spacial score (nSPS) is 24.4. The Morgan fingerprint density at radius 3 is 2.89 bits per heavy atom. The van der Waals surface area contributed by atoms with Gasteiger partial charge in [-0.15, -0.1) is 0 Å². The molecule has 2 unspecified atom stereocenters. The number of rotatable bonds is 5. The van der Waals surface area contributed by atoms with Crippen LogP contribution in [0.4, 0.5) is 0 Å². The second-order valence-electron chi connectivity index (χ2n) is 4.74. The van der Waals surface area contributed by atoms with E-state index in [0.717, 1.165) is 32.7 Å². The molecule has 1 fully saturated rings. The van der Waals surface area contributed by atoms with Crippen molar-refractivity contribution in [3.8, 4) is 0 Å². The molecule has 2 atom stereocenters. The molecule has 0 spiro atoms. The van der Waals surface area contributed by atoms with Gasteiger partial charge >= 0.3 is 0 Å². The van der Waals surface area contributed by atoms with Crippen molar-refractivity contribution in [1.29, 1.82) is 0 Å². The van der Waals surface area contributed by atoms with Crippen LogP contribution in [0.25, 0.3) is 0 Å². The van der Waals surface area contributed by atoms with Gasteiger partial charge in [0.2, 0.25) is 0 Å². The summed E-state index contributed by atoms with van der Waals surface area (Å²) in [4.78, 5) is 6.55. The van der Waals surface area contributed by atoms with E-state index in [0.29, 0.717) is 12.1 Å². The van der Waals surface area contributed by atoms with Crippen LogP contribution in [0.5, 0.6) is 0 Å². The van der Waals surface area contributed by atoms with Gasteiger partial charge in [-0.1, -0.05) is 6.92 Å². The highest BCUT2D eigenvalue weighted by molar-refractivity contribution is 5.10. The first kappa shape index (κ1) is 13.5. The highest BCUT2D eigenvalue weighted by Gasteiger charge is 2.28. The van der Waals surface area contributed by atoms with E-state index in [9.17, 15) is 0 Å². The van der Waals surface area contributed by atoms with E-state index in [1.807, 2.05) is 19.4 Å². The molecule has 4 nitrogen and oxygen atoms in total. The van der Waals surface area contributed by atoms with Gasteiger partial charge in [-0.25, -0.2) is 0 Å². The summed E-state index contributed by atoms with van der Waals surface area (Å²) in [6.45, 7) is 5.90. The average Bonchev–Trinajstić information content (AvgIpc) is 2.46. The molecule has 0 aromatic carbocycles. The van der Waals surface area contributed by atoms with Crippen LogP contribution in [0.3, 0.4) is 0 Å². The number of nitrogens with one attached hydrogen (secondary N) is 1. The summed E-state index contributed by atoms with van der Waals surface area (Å²) in [5.74, 6) is 0. The Morgan fingerprint density at radius 1 is 1.44 bits per heavy atom. The summed E-state index contributed by atoms with van der Waals surface area (Å²) in [7, 11) is 2.04. The Hall–Kier alpha value is -0.970. The molecule has 1 aromatic rings. The fourth-order valence-corrected chi connectivity index (χ4v) is 2.61. The van der Waals surface area contributed by atoms with Gasteiger partial charge in [0, 0.05) is 37.6 Å². The van der Waals surface area contributed by atoms with E-state index in [4.69, 9.17) is 4.74 Å². The second kappa shape index (κ2) is 6.83. The lowest BCUT2D eigenvalue weighted by molar-refractivity contribution is -0.00280. The van der Waals surface area contributed by atoms with Crippen LogP contribution in [-0.4, -0.2) is 48.8 Å². The highest BCUT2D eigenvalue weighted by atomic mass is 16.5. The van der Waals surface area contributed by atoms with Crippen molar-refractivity contribution in [3.63, 3.8) is 0 Å². The number of pyridine rings is 1. The van der Waals surface area contributed by atoms with E-state index >= 15 is 0 Å². The van der Waals surface area contributed by atoms with Crippen LogP contribution < -0.4 is 5.32 Å². The molecule has 0 radical (unpaired) electrons. The van der Waals surface area contributed by atoms with E-state index in [2.05, 4.69) is 34.3 Å². The topological polar surface area (TPSA) is 37.4 Å². The van der Waals surface area contributed by atoms with Crippen molar-refractivity contribution in [2.75, 3.05) is 26.8 Å². The zero-order valence-corrected chi connectivity index (χ0v) is 11.3. The SMILES string of the molecule is CCN(Cc1ccncc1)C1COCCC1NC. The molecule has 0 saturated carbocycles. The van der Waals surface area contributed by atoms with Crippen LogP contribution in [0.1, 0.15) is 18.9 Å². The number of nitrogens with zero attached hydrogens (tertiary/aromatic N) is 2. The first-order valence-electron chi connectivity index (χ1n) is 6.73. The molecule has 1 N–H and O–H groups in total. The van der Waals surface area contributed by atoms with Gasteiger partial charge in [-0.05, 0) is 37.7 Å². The number of hydrogen-bond donors (Lipinski definition) is 1. The maximum atomic E-state index is 5.64. The number of likely N-dealkylation sites (N-methyl/N-ethyl adjacent to an activating group) is 2. The minimum atomic E-state index is 0.460. The van der Waals surface area contributed by atoms with Gasteiger partial charge in [-0.2, -0.15) is 0 Å². The molecular formula is C14H23N3O. The molecular weight excluding hydrogens is 226 g/mol. The standard InChI is InChI=1S/C14H23N3O/c1-3-17(10-12-4-7-16-8-5-12)14-11-18-9-6-13(14)15-2/h4-5,7-8,13-15H,3,6,9-11H2,1-2H3. The third-order valence-electron chi connectivity index (χ3n) is 3.71. The molecule has 2 rings (SSSR count). The number of hydrogen-bond acceptors (Lipinski definition) is 4. The minimum Gasteiger partial charge on any atom is -0.380 e. The fraction of sp³-hybridized carbons (Fsp3) is 0.643. The Kier molecular flexibility index (Phi) is 5.11. The fourth-order valence-electron chi connectivity index (χ4n) is 2.61. The monoisotopic (exact) mass is 249 g/mol. The summed E-state index contributed by atoms with van der Waals surface area (Å²) in [6.07, 6.45) is 4.81. The van der Waals surface area contributed by atoms with E-state index in [-0.39, 0.29) is 0 Å². The molecule has 2 heterocycles. The van der Waals surface area contributed by atoms with Gasteiger partial charge < -0.3 is 10.1 Å². The third kappa shape index (κ3) is 3.28. The Balaban J connectivity index is 2.03. The summed E-state index contributed by atoms with van der Waals surface area (Å²) in [6, 6.07) is 5.16. The molecule has 0 bridgehead atoms. The van der Waals surface area contributed by atoms with Gasteiger partial charge in [0.25, 0.3) is 0 Å². The van der Waals surface area contributed by atoms with Crippen molar-refractivity contribution in [2.24, 2.45) is 0 Å². The summed E-state index contributed by atoms with van der Waals surface area (Å²) in [5, 5.41) is 3.42. The van der Waals surface area contributed by atoms with E-state index < -0.39 is 0 Å². The molecule has 0 amide bonds. The minimum absolute atomic E-state index is 0.460. The quantitative estimate of drug-likeness (QED) is 0.853. The summed E-state index contributed by atoms with van der Waals surface area (Å²) >= 11 is 0. The van der Waals surface area contributed by atoms with E-state index in [1.54, 1.807) is 0 Å². The van der Waals surface area contributed by atoms with Crippen molar-refractivity contribution in [3.05, 3.63) is 30.1 Å². The predicted octanol–water partition coefficient (Wildman–Crippen LogP) is 1.28. The smallest absolute Gasteiger partial charge is 0.0637 e. The number of aromatic nitrogens is 1. The van der Waals surface area contributed by atoms with Gasteiger partial charge in [0.05, 0.1) is 6.61 Å². The number of ether oxygens (including phenoxy) is 1. The van der Waals surface area contributed by atoms with Gasteiger partial charge in [0.1, 0.15) is 0 Å². The molecule has 1 aliphatic heterocycles. The van der Waals surface area contributed by atoms with Gasteiger partial charge in [0.15, 0.2) is 0 Å². The van der Waals surface area contributed by atoms with Crippen LogP contribution in [-0.2, 0) is 11.3 Å². The highest BCUT2D eigenvalue weighted by Crippen LogP contribution is 2.16. The largest absolute Gasteiger partial charge is 0.380 e. The lowest BCUT2D eigenvalue weighted by Crippen LogP contribution is -2.54.